The molecule has 0 bridgehead atoms. The Morgan fingerprint density at radius 2 is 2.15 bits per heavy atom. The van der Waals surface area contributed by atoms with E-state index in [0.717, 1.165) is 22.4 Å². The first-order valence-corrected chi connectivity index (χ1v) is 6.33. The van der Waals surface area contributed by atoms with E-state index in [-0.39, 0.29) is 6.04 Å². The zero-order chi connectivity index (χ0) is 13.9. The second-order valence-corrected chi connectivity index (χ2v) is 4.52. The molecule has 0 aliphatic heterocycles. The molecule has 0 saturated heterocycles. The van der Waals surface area contributed by atoms with Crippen LogP contribution in [0.15, 0.2) is 42.9 Å². The SMILES string of the molecule is CC(Nc1c(C#N)cnc2ccccc12)c1ncc[nH]1. The summed E-state index contributed by atoms with van der Waals surface area (Å²) in [5, 5.41) is 13.6. The number of nitriles is 1. The quantitative estimate of drug-likeness (QED) is 0.761. The lowest BCUT2D eigenvalue weighted by atomic mass is 10.1. The number of fused-ring (bicyclic) bond motifs is 1. The Balaban J connectivity index is 2.07. The van der Waals surface area contributed by atoms with Gasteiger partial charge >= 0.3 is 0 Å². The van der Waals surface area contributed by atoms with Crippen LogP contribution in [0.5, 0.6) is 0 Å². The number of anilines is 1. The van der Waals surface area contributed by atoms with Gasteiger partial charge in [-0.3, -0.25) is 4.98 Å². The van der Waals surface area contributed by atoms with Crippen LogP contribution in [0, 0.1) is 11.3 Å². The molecule has 2 heterocycles. The highest BCUT2D eigenvalue weighted by molar-refractivity contribution is 5.93. The maximum atomic E-state index is 9.27. The van der Waals surface area contributed by atoms with Crippen LogP contribution in [0.2, 0.25) is 0 Å². The van der Waals surface area contributed by atoms with Crippen molar-refractivity contribution in [2.45, 2.75) is 13.0 Å². The molecule has 0 fully saturated rings. The van der Waals surface area contributed by atoms with Gasteiger partial charge in [-0.05, 0) is 13.0 Å². The van der Waals surface area contributed by atoms with Crippen LogP contribution in [0.4, 0.5) is 5.69 Å². The van der Waals surface area contributed by atoms with Crippen LogP contribution < -0.4 is 5.32 Å². The molecule has 3 rings (SSSR count). The topological polar surface area (TPSA) is 77.4 Å². The molecule has 0 aliphatic carbocycles. The second-order valence-electron chi connectivity index (χ2n) is 4.52. The molecule has 0 radical (unpaired) electrons. The summed E-state index contributed by atoms with van der Waals surface area (Å²) >= 11 is 0. The largest absolute Gasteiger partial charge is 0.374 e. The van der Waals surface area contributed by atoms with Gasteiger partial charge in [0, 0.05) is 24.0 Å². The molecule has 0 spiro atoms. The summed E-state index contributed by atoms with van der Waals surface area (Å²) in [6.07, 6.45) is 5.09. The van der Waals surface area contributed by atoms with Gasteiger partial charge in [0.15, 0.2) is 0 Å². The van der Waals surface area contributed by atoms with Gasteiger partial charge in [0.2, 0.25) is 0 Å². The van der Waals surface area contributed by atoms with E-state index in [1.54, 1.807) is 18.6 Å². The summed E-state index contributed by atoms with van der Waals surface area (Å²) in [4.78, 5) is 11.6. The number of hydrogen-bond donors (Lipinski definition) is 2. The number of para-hydroxylation sites is 1. The number of rotatable bonds is 3. The Labute approximate surface area is 116 Å². The third kappa shape index (κ3) is 2.08. The minimum atomic E-state index is -0.0251. The fourth-order valence-corrected chi connectivity index (χ4v) is 2.18. The molecule has 2 N–H and O–H groups in total. The first-order chi connectivity index (χ1) is 9.79. The molecule has 0 aliphatic rings. The number of benzene rings is 1. The Kier molecular flexibility index (Phi) is 3.05. The summed E-state index contributed by atoms with van der Waals surface area (Å²) in [5.41, 5.74) is 2.18. The average molecular weight is 263 g/mol. The Bertz CT molecular complexity index is 771. The first kappa shape index (κ1) is 12.2. The third-order valence-corrected chi connectivity index (χ3v) is 3.19. The Morgan fingerprint density at radius 1 is 1.30 bits per heavy atom. The van der Waals surface area contributed by atoms with Crippen LogP contribution in [-0.2, 0) is 0 Å². The van der Waals surface area contributed by atoms with Crippen molar-refractivity contribution in [1.29, 1.82) is 5.26 Å². The number of imidazole rings is 1. The lowest BCUT2D eigenvalue weighted by Crippen LogP contribution is -2.10. The first-order valence-electron chi connectivity index (χ1n) is 6.33. The standard InChI is InChI=1S/C15H13N5/c1-10(15-17-6-7-18-15)20-14-11(8-16)9-19-13-5-3-2-4-12(13)14/h2-7,9-10H,1H3,(H,17,18)(H,19,20). The summed E-state index contributed by atoms with van der Waals surface area (Å²) < 4.78 is 0. The van der Waals surface area contributed by atoms with Crippen LogP contribution in [0.3, 0.4) is 0 Å². The molecule has 5 heteroatoms. The molecule has 0 saturated carbocycles. The smallest absolute Gasteiger partial charge is 0.128 e. The molecule has 0 amide bonds. The number of H-pyrrole nitrogens is 1. The fourth-order valence-electron chi connectivity index (χ4n) is 2.18. The van der Waals surface area contributed by atoms with Crippen LogP contribution >= 0.6 is 0 Å². The number of pyridine rings is 1. The van der Waals surface area contributed by atoms with Gasteiger partial charge < -0.3 is 10.3 Å². The average Bonchev–Trinajstić information content (AvgIpc) is 3.02. The predicted octanol–water partition coefficient (Wildman–Crippen LogP) is 3.00. The van der Waals surface area contributed by atoms with Crippen molar-refractivity contribution in [2.75, 3.05) is 5.32 Å². The minimum absolute atomic E-state index is 0.0251. The number of nitrogens with zero attached hydrogens (tertiary/aromatic N) is 3. The van der Waals surface area contributed by atoms with E-state index >= 15 is 0 Å². The number of hydrogen-bond acceptors (Lipinski definition) is 4. The van der Waals surface area contributed by atoms with Crippen molar-refractivity contribution in [1.82, 2.24) is 15.0 Å². The van der Waals surface area contributed by atoms with Crippen molar-refractivity contribution in [3.8, 4) is 6.07 Å². The van der Waals surface area contributed by atoms with Gasteiger partial charge in [-0.2, -0.15) is 5.26 Å². The van der Waals surface area contributed by atoms with E-state index in [1.807, 2.05) is 31.2 Å². The molecule has 2 aromatic heterocycles. The highest BCUT2D eigenvalue weighted by Crippen LogP contribution is 2.28. The van der Waals surface area contributed by atoms with E-state index in [9.17, 15) is 5.26 Å². The molecule has 20 heavy (non-hydrogen) atoms. The molecular formula is C15H13N5. The maximum Gasteiger partial charge on any atom is 0.128 e. The zero-order valence-corrected chi connectivity index (χ0v) is 11.0. The van der Waals surface area contributed by atoms with Crippen molar-refractivity contribution >= 4 is 16.6 Å². The summed E-state index contributed by atoms with van der Waals surface area (Å²) in [6, 6.07) is 9.92. The highest BCUT2D eigenvalue weighted by Gasteiger charge is 2.13. The summed E-state index contributed by atoms with van der Waals surface area (Å²) in [6.45, 7) is 2.00. The van der Waals surface area contributed by atoms with Gasteiger partial charge in [0.25, 0.3) is 0 Å². The monoisotopic (exact) mass is 263 g/mol. The van der Waals surface area contributed by atoms with Gasteiger partial charge in [-0.15, -0.1) is 0 Å². The van der Waals surface area contributed by atoms with Crippen molar-refractivity contribution < 1.29 is 0 Å². The van der Waals surface area contributed by atoms with Crippen LogP contribution in [0.25, 0.3) is 10.9 Å². The lowest BCUT2D eigenvalue weighted by molar-refractivity contribution is 0.811. The minimum Gasteiger partial charge on any atom is -0.374 e. The van der Waals surface area contributed by atoms with Crippen molar-refractivity contribution in [3.63, 3.8) is 0 Å². The van der Waals surface area contributed by atoms with Gasteiger partial charge in [-0.1, -0.05) is 18.2 Å². The Hall–Kier alpha value is -2.87. The van der Waals surface area contributed by atoms with Crippen molar-refractivity contribution in [2.24, 2.45) is 0 Å². The van der Waals surface area contributed by atoms with E-state index < -0.39 is 0 Å². The summed E-state index contributed by atoms with van der Waals surface area (Å²) in [5.74, 6) is 0.829. The van der Waals surface area contributed by atoms with Gasteiger partial charge in [0.05, 0.1) is 22.8 Å². The zero-order valence-electron chi connectivity index (χ0n) is 11.0. The normalized spacial score (nSPS) is 12.0. The van der Waals surface area contributed by atoms with E-state index in [4.69, 9.17) is 0 Å². The number of nitrogens with one attached hydrogen (secondary N) is 2. The highest BCUT2D eigenvalue weighted by atomic mass is 15.0. The molecule has 5 nitrogen and oxygen atoms in total. The van der Waals surface area contributed by atoms with E-state index in [1.165, 1.54) is 0 Å². The molecule has 98 valence electrons. The fraction of sp³-hybridized carbons (Fsp3) is 0.133. The van der Waals surface area contributed by atoms with Crippen LogP contribution in [0.1, 0.15) is 24.4 Å². The molecule has 1 aromatic carbocycles. The van der Waals surface area contributed by atoms with Gasteiger partial charge in [-0.25, -0.2) is 4.98 Å². The summed E-state index contributed by atoms with van der Waals surface area (Å²) in [7, 11) is 0. The number of aromatic nitrogens is 3. The van der Waals surface area contributed by atoms with E-state index in [2.05, 4.69) is 26.3 Å². The second kappa shape index (κ2) is 5.02. The molecule has 1 unspecified atom stereocenters. The van der Waals surface area contributed by atoms with Crippen molar-refractivity contribution in [3.05, 3.63) is 54.2 Å². The molecule has 1 atom stereocenters. The Morgan fingerprint density at radius 3 is 2.90 bits per heavy atom. The molecular weight excluding hydrogens is 250 g/mol. The van der Waals surface area contributed by atoms with E-state index in [0.29, 0.717) is 5.56 Å². The lowest BCUT2D eigenvalue weighted by Gasteiger charge is -2.16. The molecule has 3 aromatic rings. The predicted molar refractivity (Wildman–Crippen MR) is 77.1 cm³/mol. The van der Waals surface area contributed by atoms with Gasteiger partial charge in [0.1, 0.15) is 11.9 Å². The third-order valence-electron chi connectivity index (χ3n) is 3.19. The maximum absolute atomic E-state index is 9.27. The number of aromatic amines is 1. The van der Waals surface area contributed by atoms with Crippen LogP contribution in [-0.4, -0.2) is 15.0 Å².